The normalized spacial score (nSPS) is 10.2. The minimum atomic E-state index is 0.912. The SMILES string of the molecule is COc1cccc(CCc2cncc(Br)c2)c1. The lowest BCUT2D eigenvalue weighted by molar-refractivity contribution is 0.414. The quantitative estimate of drug-likeness (QED) is 0.858. The van der Waals surface area contributed by atoms with Crippen molar-refractivity contribution < 1.29 is 4.74 Å². The summed E-state index contributed by atoms with van der Waals surface area (Å²) in [5.74, 6) is 0.912. The van der Waals surface area contributed by atoms with Crippen LogP contribution in [0.1, 0.15) is 11.1 Å². The van der Waals surface area contributed by atoms with Crippen LogP contribution in [0.3, 0.4) is 0 Å². The summed E-state index contributed by atoms with van der Waals surface area (Å²) in [4.78, 5) is 4.16. The molecular weight excluding hydrogens is 278 g/mol. The molecule has 1 heterocycles. The Hall–Kier alpha value is -1.35. The molecule has 0 bridgehead atoms. The van der Waals surface area contributed by atoms with Crippen LogP contribution in [-0.2, 0) is 12.8 Å². The Morgan fingerprint density at radius 3 is 2.71 bits per heavy atom. The molecule has 0 spiro atoms. The van der Waals surface area contributed by atoms with Gasteiger partial charge in [-0.25, -0.2) is 0 Å². The molecule has 0 aliphatic carbocycles. The van der Waals surface area contributed by atoms with E-state index in [0.717, 1.165) is 23.1 Å². The molecular formula is C14H14BrNO. The Balaban J connectivity index is 2.02. The maximum absolute atomic E-state index is 5.21. The van der Waals surface area contributed by atoms with Crippen molar-refractivity contribution in [2.24, 2.45) is 0 Å². The number of methoxy groups -OCH3 is 1. The number of pyridine rings is 1. The van der Waals surface area contributed by atoms with Crippen molar-refractivity contribution in [3.63, 3.8) is 0 Å². The number of rotatable bonds is 4. The Morgan fingerprint density at radius 2 is 1.94 bits per heavy atom. The highest BCUT2D eigenvalue weighted by Crippen LogP contribution is 2.16. The highest BCUT2D eigenvalue weighted by molar-refractivity contribution is 9.10. The maximum Gasteiger partial charge on any atom is 0.119 e. The molecule has 0 saturated carbocycles. The molecule has 88 valence electrons. The highest BCUT2D eigenvalue weighted by atomic mass is 79.9. The van der Waals surface area contributed by atoms with Gasteiger partial charge in [0.05, 0.1) is 7.11 Å². The summed E-state index contributed by atoms with van der Waals surface area (Å²) in [6.45, 7) is 0. The van der Waals surface area contributed by atoms with Crippen molar-refractivity contribution in [2.75, 3.05) is 7.11 Å². The molecule has 2 aromatic rings. The van der Waals surface area contributed by atoms with Gasteiger partial charge in [0, 0.05) is 16.9 Å². The molecule has 0 N–H and O–H groups in total. The predicted octanol–water partition coefficient (Wildman–Crippen LogP) is 3.64. The fraction of sp³-hybridized carbons (Fsp3) is 0.214. The van der Waals surface area contributed by atoms with E-state index in [1.165, 1.54) is 11.1 Å². The van der Waals surface area contributed by atoms with Gasteiger partial charge in [-0.1, -0.05) is 12.1 Å². The fourth-order valence-corrected chi connectivity index (χ4v) is 2.12. The standard InChI is InChI=1S/C14H14BrNO/c1-17-14-4-2-3-11(8-14)5-6-12-7-13(15)10-16-9-12/h2-4,7-10H,5-6H2,1H3. The topological polar surface area (TPSA) is 22.1 Å². The first-order valence-electron chi connectivity index (χ1n) is 5.50. The van der Waals surface area contributed by atoms with Gasteiger partial charge in [-0.3, -0.25) is 4.98 Å². The molecule has 0 unspecified atom stereocenters. The number of nitrogens with zero attached hydrogens (tertiary/aromatic N) is 1. The Kier molecular flexibility index (Phi) is 4.15. The highest BCUT2D eigenvalue weighted by Gasteiger charge is 1.99. The first kappa shape index (κ1) is 12.1. The summed E-state index contributed by atoms with van der Waals surface area (Å²) in [5, 5.41) is 0. The molecule has 1 aromatic heterocycles. The molecule has 0 radical (unpaired) electrons. The number of halogens is 1. The second-order valence-corrected chi connectivity index (χ2v) is 4.78. The average molecular weight is 292 g/mol. The number of aryl methyl sites for hydroxylation is 2. The molecule has 0 fully saturated rings. The molecule has 3 heteroatoms. The second kappa shape index (κ2) is 5.82. The minimum absolute atomic E-state index is 0.912. The summed E-state index contributed by atoms with van der Waals surface area (Å²) in [5.41, 5.74) is 2.52. The molecule has 17 heavy (non-hydrogen) atoms. The van der Waals surface area contributed by atoms with E-state index in [1.54, 1.807) is 13.3 Å². The summed E-state index contributed by atoms with van der Waals surface area (Å²) in [6.07, 6.45) is 5.69. The van der Waals surface area contributed by atoms with Crippen molar-refractivity contribution in [1.29, 1.82) is 0 Å². The molecule has 0 aliphatic heterocycles. The van der Waals surface area contributed by atoms with E-state index < -0.39 is 0 Å². The van der Waals surface area contributed by atoms with Crippen LogP contribution in [-0.4, -0.2) is 12.1 Å². The lowest BCUT2D eigenvalue weighted by atomic mass is 10.1. The Morgan fingerprint density at radius 1 is 1.12 bits per heavy atom. The van der Waals surface area contributed by atoms with Crippen LogP contribution in [0.15, 0.2) is 47.2 Å². The van der Waals surface area contributed by atoms with Gasteiger partial charge in [0.15, 0.2) is 0 Å². The zero-order valence-electron chi connectivity index (χ0n) is 9.69. The van der Waals surface area contributed by atoms with E-state index in [4.69, 9.17) is 4.74 Å². The third-order valence-electron chi connectivity index (χ3n) is 2.60. The van der Waals surface area contributed by atoms with Gasteiger partial charge in [0.2, 0.25) is 0 Å². The van der Waals surface area contributed by atoms with E-state index in [2.05, 4.69) is 39.1 Å². The fourth-order valence-electron chi connectivity index (χ4n) is 1.71. The molecule has 2 rings (SSSR count). The van der Waals surface area contributed by atoms with Crippen molar-refractivity contribution in [3.05, 3.63) is 58.3 Å². The van der Waals surface area contributed by atoms with Crippen molar-refractivity contribution in [3.8, 4) is 5.75 Å². The van der Waals surface area contributed by atoms with Gasteiger partial charge in [0.1, 0.15) is 5.75 Å². The molecule has 0 atom stereocenters. The van der Waals surface area contributed by atoms with Crippen molar-refractivity contribution in [1.82, 2.24) is 4.98 Å². The lowest BCUT2D eigenvalue weighted by Crippen LogP contribution is -1.93. The number of ether oxygens (including phenoxy) is 1. The third kappa shape index (κ3) is 3.56. The lowest BCUT2D eigenvalue weighted by Gasteiger charge is -2.04. The average Bonchev–Trinajstić information content (AvgIpc) is 2.37. The van der Waals surface area contributed by atoms with Crippen LogP contribution in [0.2, 0.25) is 0 Å². The van der Waals surface area contributed by atoms with Crippen LogP contribution in [0.5, 0.6) is 5.75 Å². The maximum atomic E-state index is 5.21. The van der Waals surface area contributed by atoms with Crippen LogP contribution in [0.25, 0.3) is 0 Å². The monoisotopic (exact) mass is 291 g/mol. The molecule has 1 aromatic carbocycles. The largest absolute Gasteiger partial charge is 0.497 e. The van der Waals surface area contributed by atoms with E-state index >= 15 is 0 Å². The van der Waals surface area contributed by atoms with Gasteiger partial charge < -0.3 is 4.74 Å². The van der Waals surface area contributed by atoms with Crippen LogP contribution >= 0.6 is 15.9 Å². The molecule has 0 saturated heterocycles. The predicted molar refractivity (Wildman–Crippen MR) is 72.3 cm³/mol. The minimum Gasteiger partial charge on any atom is -0.497 e. The first-order valence-corrected chi connectivity index (χ1v) is 6.29. The van der Waals surface area contributed by atoms with E-state index in [0.29, 0.717) is 0 Å². The smallest absolute Gasteiger partial charge is 0.119 e. The van der Waals surface area contributed by atoms with Crippen LogP contribution in [0, 0.1) is 0 Å². The van der Waals surface area contributed by atoms with Gasteiger partial charge in [-0.15, -0.1) is 0 Å². The molecule has 0 aliphatic rings. The summed E-state index contributed by atoms with van der Waals surface area (Å²) < 4.78 is 6.23. The molecule has 0 amide bonds. The van der Waals surface area contributed by atoms with Gasteiger partial charge in [-0.05, 0) is 58.1 Å². The van der Waals surface area contributed by atoms with Crippen molar-refractivity contribution in [2.45, 2.75) is 12.8 Å². The van der Waals surface area contributed by atoms with E-state index in [1.807, 2.05) is 18.3 Å². The van der Waals surface area contributed by atoms with Crippen LogP contribution < -0.4 is 4.74 Å². The second-order valence-electron chi connectivity index (χ2n) is 3.86. The Labute approximate surface area is 110 Å². The third-order valence-corrected chi connectivity index (χ3v) is 3.03. The van der Waals surface area contributed by atoms with E-state index in [9.17, 15) is 0 Å². The number of aromatic nitrogens is 1. The summed E-state index contributed by atoms with van der Waals surface area (Å²) in [7, 11) is 1.69. The van der Waals surface area contributed by atoms with Gasteiger partial charge in [-0.2, -0.15) is 0 Å². The zero-order chi connectivity index (χ0) is 12.1. The first-order chi connectivity index (χ1) is 8.28. The van der Waals surface area contributed by atoms with Gasteiger partial charge in [0.25, 0.3) is 0 Å². The van der Waals surface area contributed by atoms with Gasteiger partial charge >= 0.3 is 0 Å². The summed E-state index contributed by atoms with van der Waals surface area (Å²) >= 11 is 3.43. The van der Waals surface area contributed by atoms with Crippen molar-refractivity contribution >= 4 is 15.9 Å². The summed E-state index contributed by atoms with van der Waals surface area (Å²) in [6, 6.07) is 10.3. The number of hydrogen-bond acceptors (Lipinski definition) is 2. The zero-order valence-corrected chi connectivity index (χ0v) is 11.3. The van der Waals surface area contributed by atoms with E-state index in [-0.39, 0.29) is 0 Å². The molecule has 2 nitrogen and oxygen atoms in total. The number of hydrogen-bond donors (Lipinski definition) is 0. The Bertz CT molecular complexity index is 499. The van der Waals surface area contributed by atoms with Crippen LogP contribution in [0.4, 0.5) is 0 Å². The number of benzene rings is 1.